The van der Waals surface area contributed by atoms with Crippen LogP contribution in [0.1, 0.15) is 29.6 Å². The van der Waals surface area contributed by atoms with Crippen LogP contribution in [0, 0.1) is 0 Å². The van der Waals surface area contributed by atoms with E-state index in [-0.39, 0.29) is 18.5 Å². The Morgan fingerprint density at radius 2 is 2.08 bits per heavy atom. The minimum Gasteiger partial charge on any atom is -0.486 e. The Morgan fingerprint density at radius 1 is 1.32 bits per heavy atom. The SMILES string of the molecule is CS(=O)(=O)NCC1CCCCN1C(=O)c1cc(Cl)c2c(c1)OCCO2. The van der Waals surface area contributed by atoms with Crippen LogP contribution in [0.3, 0.4) is 0 Å². The first-order chi connectivity index (χ1) is 11.8. The molecule has 3 rings (SSSR count). The van der Waals surface area contributed by atoms with Gasteiger partial charge in [-0.2, -0.15) is 0 Å². The van der Waals surface area contributed by atoms with Crippen molar-refractivity contribution in [2.45, 2.75) is 25.3 Å². The molecule has 0 spiro atoms. The van der Waals surface area contributed by atoms with Crippen LogP contribution in [0.5, 0.6) is 11.5 Å². The summed E-state index contributed by atoms with van der Waals surface area (Å²) in [5, 5.41) is 0.336. The Morgan fingerprint density at radius 3 is 2.84 bits per heavy atom. The summed E-state index contributed by atoms with van der Waals surface area (Å²) >= 11 is 6.22. The molecule has 0 radical (unpaired) electrons. The second-order valence-electron chi connectivity index (χ2n) is 6.25. The number of ether oxygens (including phenoxy) is 2. The summed E-state index contributed by atoms with van der Waals surface area (Å²) in [4.78, 5) is 14.7. The first-order valence-corrected chi connectivity index (χ1v) is 10.5. The van der Waals surface area contributed by atoms with E-state index in [4.69, 9.17) is 21.1 Å². The van der Waals surface area contributed by atoms with Crippen molar-refractivity contribution in [3.8, 4) is 11.5 Å². The molecular weight excluding hydrogens is 368 g/mol. The number of benzene rings is 1. The molecule has 25 heavy (non-hydrogen) atoms. The zero-order chi connectivity index (χ0) is 18.0. The number of hydrogen-bond donors (Lipinski definition) is 1. The van der Waals surface area contributed by atoms with E-state index in [1.54, 1.807) is 17.0 Å². The number of halogens is 1. The molecule has 0 bridgehead atoms. The van der Waals surface area contributed by atoms with Gasteiger partial charge in [0.2, 0.25) is 10.0 Å². The highest BCUT2D eigenvalue weighted by atomic mass is 35.5. The number of nitrogens with zero attached hydrogens (tertiary/aromatic N) is 1. The highest BCUT2D eigenvalue weighted by molar-refractivity contribution is 7.88. The number of carbonyl (C=O) groups excluding carboxylic acids is 1. The molecule has 1 N–H and O–H groups in total. The van der Waals surface area contributed by atoms with E-state index in [0.717, 1.165) is 25.5 Å². The molecule has 2 aliphatic heterocycles. The highest BCUT2D eigenvalue weighted by Crippen LogP contribution is 2.38. The van der Waals surface area contributed by atoms with Gasteiger partial charge in [0.1, 0.15) is 13.2 Å². The smallest absolute Gasteiger partial charge is 0.254 e. The van der Waals surface area contributed by atoms with Gasteiger partial charge in [0, 0.05) is 24.7 Å². The maximum atomic E-state index is 13.0. The van der Waals surface area contributed by atoms with Crippen LogP contribution in [0.25, 0.3) is 0 Å². The van der Waals surface area contributed by atoms with Crippen molar-refractivity contribution >= 4 is 27.5 Å². The van der Waals surface area contributed by atoms with Gasteiger partial charge >= 0.3 is 0 Å². The fraction of sp³-hybridized carbons (Fsp3) is 0.562. The Hall–Kier alpha value is -1.51. The summed E-state index contributed by atoms with van der Waals surface area (Å²) in [5.41, 5.74) is 0.417. The molecular formula is C16H21ClN2O5S. The zero-order valence-corrected chi connectivity index (χ0v) is 15.5. The number of sulfonamides is 1. The van der Waals surface area contributed by atoms with Crippen molar-refractivity contribution in [2.24, 2.45) is 0 Å². The predicted octanol–water partition coefficient (Wildman–Crippen LogP) is 1.66. The van der Waals surface area contributed by atoms with Gasteiger partial charge in [0.25, 0.3) is 5.91 Å². The van der Waals surface area contributed by atoms with Gasteiger partial charge in [-0.3, -0.25) is 4.79 Å². The summed E-state index contributed by atoms with van der Waals surface area (Å²) in [7, 11) is -3.30. The molecule has 2 aliphatic rings. The summed E-state index contributed by atoms with van der Waals surface area (Å²) in [5.74, 6) is 0.738. The van der Waals surface area contributed by atoms with E-state index in [9.17, 15) is 13.2 Å². The third kappa shape index (κ3) is 4.37. The second-order valence-corrected chi connectivity index (χ2v) is 8.49. The number of piperidine rings is 1. The maximum absolute atomic E-state index is 13.0. The van der Waals surface area contributed by atoms with E-state index < -0.39 is 10.0 Å². The largest absolute Gasteiger partial charge is 0.486 e. The quantitative estimate of drug-likeness (QED) is 0.847. The standard InChI is InChI=1S/C16H21ClN2O5S/c1-25(21,22)18-10-12-4-2-3-5-19(12)16(20)11-8-13(17)15-14(9-11)23-6-7-24-15/h8-9,12,18H,2-7,10H2,1H3. The van der Waals surface area contributed by atoms with E-state index in [1.807, 2.05) is 0 Å². The van der Waals surface area contributed by atoms with E-state index in [2.05, 4.69) is 4.72 Å². The molecule has 1 fully saturated rings. The summed E-state index contributed by atoms with van der Waals surface area (Å²) in [6.45, 7) is 1.63. The fourth-order valence-corrected chi connectivity index (χ4v) is 3.89. The second kappa shape index (κ2) is 7.39. The van der Waals surface area contributed by atoms with E-state index >= 15 is 0 Å². The molecule has 0 aromatic heterocycles. The topological polar surface area (TPSA) is 84.9 Å². The van der Waals surface area contributed by atoms with Crippen LogP contribution in [-0.4, -0.2) is 57.8 Å². The molecule has 2 heterocycles. The van der Waals surface area contributed by atoms with Crippen molar-refractivity contribution in [1.82, 2.24) is 9.62 Å². The van der Waals surface area contributed by atoms with Gasteiger partial charge in [-0.25, -0.2) is 13.1 Å². The Bertz CT molecular complexity index is 768. The van der Waals surface area contributed by atoms with Crippen LogP contribution >= 0.6 is 11.6 Å². The molecule has 1 aromatic rings. The number of carbonyl (C=O) groups is 1. The van der Waals surface area contributed by atoms with E-state index in [0.29, 0.717) is 41.8 Å². The predicted molar refractivity (Wildman–Crippen MR) is 94.0 cm³/mol. The average molecular weight is 389 g/mol. The lowest BCUT2D eigenvalue weighted by atomic mass is 10.0. The lowest BCUT2D eigenvalue weighted by molar-refractivity contribution is 0.0617. The molecule has 1 amide bonds. The van der Waals surface area contributed by atoms with E-state index in [1.165, 1.54) is 0 Å². The third-order valence-electron chi connectivity index (χ3n) is 4.31. The van der Waals surface area contributed by atoms with Crippen molar-refractivity contribution in [3.05, 3.63) is 22.7 Å². The van der Waals surface area contributed by atoms with Gasteiger partial charge < -0.3 is 14.4 Å². The molecule has 0 aliphatic carbocycles. The van der Waals surface area contributed by atoms with Crippen LogP contribution in [0.4, 0.5) is 0 Å². The Balaban J connectivity index is 1.81. The molecule has 138 valence electrons. The molecule has 1 unspecified atom stereocenters. The van der Waals surface area contributed by atoms with Crippen LogP contribution in [0.15, 0.2) is 12.1 Å². The number of nitrogens with one attached hydrogen (secondary N) is 1. The molecule has 9 heteroatoms. The average Bonchev–Trinajstić information content (AvgIpc) is 2.59. The zero-order valence-electron chi connectivity index (χ0n) is 14.0. The maximum Gasteiger partial charge on any atom is 0.254 e. The van der Waals surface area contributed by atoms with Crippen LogP contribution < -0.4 is 14.2 Å². The highest BCUT2D eigenvalue weighted by Gasteiger charge is 2.29. The van der Waals surface area contributed by atoms with Crippen LogP contribution in [0.2, 0.25) is 5.02 Å². The minimum atomic E-state index is -3.30. The fourth-order valence-electron chi connectivity index (χ4n) is 3.13. The van der Waals surface area contributed by atoms with Gasteiger partial charge in [-0.05, 0) is 31.4 Å². The summed E-state index contributed by atoms with van der Waals surface area (Å²) in [6.07, 6.45) is 3.72. The van der Waals surface area contributed by atoms with Gasteiger partial charge in [0.05, 0.1) is 11.3 Å². The number of likely N-dealkylation sites (tertiary alicyclic amines) is 1. The molecule has 1 saturated heterocycles. The van der Waals surface area contributed by atoms with Crippen molar-refractivity contribution < 1.29 is 22.7 Å². The number of hydrogen-bond acceptors (Lipinski definition) is 5. The summed E-state index contributed by atoms with van der Waals surface area (Å²) in [6, 6.07) is 3.04. The normalized spacial score (nSPS) is 20.4. The van der Waals surface area contributed by atoms with Gasteiger partial charge in [0.15, 0.2) is 11.5 Å². The number of amides is 1. The third-order valence-corrected chi connectivity index (χ3v) is 5.28. The number of rotatable bonds is 4. The number of fused-ring (bicyclic) bond motifs is 1. The Kier molecular flexibility index (Phi) is 5.41. The first kappa shape index (κ1) is 18.3. The van der Waals surface area contributed by atoms with Crippen molar-refractivity contribution in [3.63, 3.8) is 0 Å². The van der Waals surface area contributed by atoms with Crippen molar-refractivity contribution in [1.29, 1.82) is 0 Å². The Labute approximate surface area is 152 Å². The summed E-state index contributed by atoms with van der Waals surface area (Å²) < 4.78 is 36.2. The van der Waals surface area contributed by atoms with Crippen molar-refractivity contribution in [2.75, 3.05) is 32.6 Å². The molecule has 7 nitrogen and oxygen atoms in total. The molecule has 0 saturated carbocycles. The first-order valence-electron chi connectivity index (χ1n) is 8.20. The lowest BCUT2D eigenvalue weighted by Crippen LogP contribution is -2.49. The minimum absolute atomic E-state index is 0.178. The van der Waals surface area contributed by atoms with Gasteiger partial charge in [-0.1, -0.05) is 11.6 Å². The van der Waals surface area contributed by atoms with Crippen LogP contribution in [-0.2, 0) is 10.0 Å². The molecule has 1 aromatic carbocycles. The van der Waals surface area contributed by atoms with Gasteiger partial charge in [-0.15, -0.1) is 0 Å². The monoisotopic (exact) mass is 388 g/mol. The molecule has 1 atom stereocenters. The lowest BCUT2D eigenvalue weighted by Gasteiger charge is -2.36.